The van der Waals surface area contributed by atoms with Crippen LogP contribution in [-0.4, -0.2) is 13.1 Å². The van der Waals surface area contributed by atoms with Crippen molar-refractivity contribution in [1.82, 2.24) is 0 Å². The van der Waals surface area contributed by atoms with Gasteiger partial charge < -0.3 is 10.5 Å². The van der Waals surface area contributed by atoms with Crippen LogP contribution in [0.3, 0.4) is 0 Å². The maximum atomic E-state index is 13.8. The average Bonchev–Trinajstić information content (AvgIpc) is 2.48. The average molecular weight is 326 g/mol. The van der Waals surface area contributed by atoms with Gasteiger partial charge in [0.25, 0.3) is 0 Å². The summed E-state index contributed by atoms with van der Waals surface area (Å²) in [5.74, 6) is -0.717. The van der Waals surface area contributed by atoms with Gasteiger partial charge in [0, 0.05) is 10.6 Å². The Morgan fingerprint density at radius 1 is 1.33 bits per heavy atom. The lowest BCUT2D eigenvalue weighted by Gasteiger charge is -2.06. The molecule has 6 heteroatoms. The minimum Gasteiger partial charge on any atom is -0.465 e. The summed E-state index contributed by atoms with van der Waals surface area (Å²) in [6, 6.07) is 9.80. The fourth-order valence-corrected chi connectivity index (χ4v) is 2.81. The number of carbonyl (C=O) groups is 1. The number of halogens is 2. The molecule has 0 aliphatic carbocycles. The van der Waals surface area contributed by atoms with Crippen molar-refractivity contribution in [2.24, 2.45) is 0 Å². The zero-order valence-corrected chi connectivity index (χ0v) is 12.8. The Morgan fingerprint density at radius 3 is 2.71 bits per heavy atom. The van der Waals surface area contributed by atoms with Crippen molar-refractivity contribution in [1.29, 1.82) is 0 Å². The van der Waals surface area contributed by atoms with Crippen molar-refractivity contribution < 1.29 is 13.9 Å². The lowest BCUT2D eigenvalue weighted by molar-refractivity contribution is 0.0595. The minimum absolute atomic E-state index is 0.0678. The van der Waals surface area contributed by atoms with Crippen LogP contribution in [0.5, 0.6) is 0 Å². The van der Waals surface area contributed by atoms with Gasteiger partial charge in [-0.1, -0.05) is 17.7 Å². The molecule has 0 aliphatic rings. The molecule has 21 heavy (non-hydrogen) atoms. The molecule has 2 aromatic rings. The van der Waals surface area contributed by atoms with E-state index in [1.54, 1.807) is 18.2 Å². The number of ether oxygens (including phenoxy) is 1. The second kappa shape index (κ2) is 6.83. The normalized spacial score (nSPS) is 10.4. The minimum atomic E-state index is -0.683. The Kier molecular flexibility index (Phi) is 5.09. The topological polar surface area (TPSA) is 52.3 Å². The smallest absolute Gasteiger partial charge is 0.340 e. The lowest BCUT2D eigenvalue weighted by Crippen LogP contribution is -2.04. The fourth-order valence-electron chi connectivity index (χ4n) is 1.69. The van der Waals surface area contributed by atoms with Gasteiger partial charge in [0.05, 0.1) is 23.4 Å². The molecule has 2 rings (SSSR count). The molecule has 2 N–H and O–H groups in total. The molecule has 0 aromatic heterocycles. The first-order valence-electron chi connectivity index (χ1n) is 6.06. The van der Waals surface area contributed by atoms with Crippen molar-refractivity contribution in [3.8, 4) is 0 Å². The van der Waals surface area contributed by atoms with Crippen LogP contribution in [0, 0.1) is 5.82 Å². The Bertz CT molecular complexity index is 679. The van der Waals surface area contributed by atoms with Crippen LogP contribution in [0.15, 0.2) is 41.3 Å². The predicted molar refractivity (Wildman–Crippen MR) is 83.2 cm³/mol. The number of benzene rings is 2. The molecule has 0 fully saturated rings. The maximum absolute atomic E-state index is 13.8. The van der Waals surface area contributed by atoms with Crippen LogP contribution in [0.1, 0.15) is 15.9 Å². The first-order chi connectivity index (χ1) is 10.0. The van der Waals surface area contributed by atoms with Gasteiger partial charge in [-0.3, -0.25) is 0 Å². The van der Waals surface area contributed by atoms with Gasteiger partial charge in [-0.05, 0) is 35.9 Å². The van der Waals surface area contributed by atoms with E-state index in [4.69, 9.17) is 17.3 Å². The standard InChI is InChI=1S/C15H13ClFNO2S/c1-20-15(19)11-4-2-9(6-13(11)17)8-21-10-3-5-14(18)12(16)7-10/h2-7H,8,18H2,1H3. The molecular weight excluding hydrogens is 313 g/mol. The molecule has 0 heterocycles. The third-order valence-corrected chi connectivity index (χ3v) is 4.21. The number of nitrogens with two attached hydrogens (primary N) is 1. The fraction of sp³-hybridized carbons (Fsp3) is 0.133. The molecule has 0 bridgehead atoms. The molecule has 0 saturated carbocycles. The SMILES string of the molecule is COC(=O)c1ccc(CSc2ccc(N)c(Cl)c2)cc1F. The van der Waals surface area contributed by atoms with Gasteiger partial charge in [-0.2, -0.15) is 0 Å². The number of hydrogen-bond acceptors (Lipinski definition) is 4. The second-order valence-electron chi connectivity index (χ2n) is 4.28. The van der Waals surface area contributed by atoms with Crippen molar-refractivity contribution in [3.05, 3.63) is 58.4 Å². The molecule has 110 valence electrons. The van der Waals surface area contributed by atoms with Gasteiger partial charge in [0.1, 0.15) is 5.82 Å². The molecule has 0 amide bonds. The van der Waals surface area contributed by atoms with Crippen molar-refractivity contribution in [3.63, 3.8) is 0 Å². The van der Waals surface area contributed by atoms with Crippen LogP contribution < -0.4 is 5.73 Å². The van der Waals surface area contributed by atoms with Crippen LogP contribution in [0.2, 0.25) is 5.02 Å². The summed E-state index contributed by atoms with van der Waals surface area (Å²) >= 11 is 7.44. The highest BCUT2D eigenvalue weighted by atomic mass is 35.5. The van der Waals surface area contributed by atoms with Gasteiger partial charge >= 0.3 is 5.97 Å². The molecular formula is C15H13ClFNO2S. The number of nitrogen functional groups attached to an aromatic ring is 1. The number of methoxy groups -OCH3 is 1. The van der Waals surface area contributed by atoms with Gasteiger partial charge in [-0.15, -0.1) is 11.8 Å². The van der Waals surface area contributed by atoms with Crippen LogP contribution in [-0.2, 0) is 10.5 Å². The van der Waals surface area contributed by atoms with Gasteiger partial charge in [-0.25, -0.2) is 9.18 Å². The summed E-state index contributed by atoms with van der Waals surface area (Å²) in [5, 5.41) is 0.493. The van der Waals surface area contributed by atoms with Crippen molar-refractivity contribution >= 4 is 35.0 Å². The zero-order valence-electron chi connectivity index (χ0n) is 11.2. The van der Waals surface area contributed by atoms with E-state index >= 15 is 0 Å². The number of thioether (sulfide) groups is 1. The van der Waals surface area contributed by atoms with Crippen LogP contribution >= 0.6 is 23.4 Å². The molecule has 2 aromatic carbocycles. The highest BCUT2D eigenvalue weighted by molar-refractivity contribution is 7.98. The number of anilines is 1. The van der Waals surface area contributed by atoms with E-state index in [1.165, 1.54) is 31.0 Å². The molecule has 0 radical (unpaired) electrons. The highest BCUT2D eigenvalue weighted by Crippen LogP contribution is 2.29. The predicted octanol–water partition coefficient (Wildman–Crippen LogP) is 4.14. The third-order valence-electron chi connectivity index (χ3n) is 2.82. The highest BCUT2D eigenvalue weighted by Gasteiger charge is 2.12. The van der Waals surface area contributed by atoms with Crippen molar-refractivity contribution in [2.75, 3.05) is 12.8 Å². The summed E-state index contributed by atoms with van der Waals surface area (Å²) in [6.07, 6.45) is 0. The van der Waals surface area contributed by atoms with Crippen LogP contribution in [0.4, 0.5) is 10.1 Å². The maximum Gasteiger partial charge on any atom is 0.340 e. The summed E-state index contributed by atoms with van der Waals surface area (Å²) in [4.78, 5) is 12.2. The monoisotopic (exact) mass is 325 g/mol. The molecule has 0 saturated heterocycles. The lowest BCUT2D eigenvalue weighted by atomic mass is 10.1. The summed E-state index contributed by atoms with van der Waals surface area (Å²) in [7, 11) is 1.22. The van der Waals surface area contributed by atoms with E-state index in [9.17, 15) is 9.18 Å². The van der Waals surface area contributed by atoms with Crippen LogP contribution in [0.25, 0.3) is 0 Å². The summed E-state index contributed by atoms with van der Waals surface area (Å²) in [5.41, 5.74) is 6.86. The van der Waals surface area contributed by atoms with E-state index in [0.29, 0.717) is 16.5 Å². The number of rotatable bonds is 4. The molecule has 0 unspecified atom stereocenters. The first kappa shape index (κ1) is 15.7. The number of hydrogen-bond donors (Lipinski definition) is 1. The Labute approximate surface area is 131 Å². The summed E-state index contributed by atoms with van der Waals surface area (Å²) in [6.45, 7) is 0. The van der Waals surface area contributed by atoms with Gasteiger partial charge in [0.2, 0.25) is 0 Å². The Balaban J connectivity index is 2.08. The number of esters is 1. The summed E-state index contributed by atoms with van der Waals surface area (Å²) < 4.78 is 18.3. The third kappa shape index (κ3) is 3.89. The van der Waals surface area contributed by atoms with E-state index in [2.05, 4.69) is 4.74 Å². The molecule has 0 atom stereocenters. The Morgan fingerprint density at radius 2 is 2.10 bits per heavy atom. The quantitative estimate of drug-likeness (QED) is 0.521. The zero-order chi connectivity index (χ0) is 15.4. The van der Waals surface area contributed by atoms with E-state index in [0.717, 1.165) is 10.5 Å². The van der Waals surface area contributed by atoms with Gasteiger partial charge in [0.15, 0.2) is 0 Å². The number of carbonyl (C=O) groups excluding carboxylic acids is 1. The first-order valence-corrected chi connectivity index (χ1v) is 7.42. The molecule has 0 spiro atoms. The van der Waals surface area contributed by atoms with Crippen molar-refractivity contribution in [2.45, 2.75) is 10.6 Å². The molecule has 0 aliphatic heterocycles. The van der Waals surface area contributed by atoms with E-state index in [1.807, 2.05) is 6.07 Å². The Hall–Kier alpha value is -1.72. The molecule has 3 nitrogen and oxygen atoms in total. The largest absolute Gasteiger partial charge is 0.465 e. The van der Waals surface area contributed by atoms with E-state index < -0.39 is 11.8 Å². The second-order valence-corrected chi connectivity index (χ2v) is 5.73. The van der Waals surface area contributed by atoms with E-state index in [-0.39, 0.29) is 5.56 Å².